The molecule has 1 nitrogen and oxygen atoms in total. The zero-order valence-electron chi connectivity index (χ0n) is 6.61. The highest BCUT2D eigenvalue weighted by molar-refractivity contribution is 9.11. The molecule has 0 aliphatic carbocycles. The quantitative estimate of drug-likeness (QED) is 0.540. The van der Waals surface area contributed by atoms with Crippen LogP contribution < -0.4 is 0 Å². The lowest BCUT2D eigenvalue weighted by atomic mass is 10.2. The van der Waals surface area contributed by atoms with Gasteiger partial charge < -0.3 is 4.74 Å². The van der Waals surface area contributed by atoms with E-state index in [0.717, 1.165) is 6.08 Å². The van der Waals surface area contributed by atoms with E-state index in [1.807, 2.05) is 0 Å². The van der Waals surface area contributed by atoms with E-state index < -0.39 is 6.43 Å². The monoisotopic (exact) mass is 238 g/mol. The van der Waals surface area contributed by atoms with Crippen molar-refractivity contribution in [3.63, 3.8) is 0 Å². The molecule has 0 bridgehead atoms. The molecule has 0 aromatic carbocycles. The van der Waals surface area contributed by atoms with Crippen molar-refractivity contribution in [2.45, 2.75) is 6.43 Å². The van der Waals surface area contributed by atoms with E-state index >= 15 is 0 Å². The van der Waals surface area contributed by atoms with E-state index in [1.165, 1.54) is 7.11 Å². The van der Waals surface area contributed by atoms with E-state index in [-0.39, 0.29) is 15.8 Å². The highest BCUT2D eigenvalue weighted by Gasteiger charge is 2.12. The third kappa shape index (κ3) is 3.67. The molecule has 4 heteroatoms. The first kappa shape index (κ1) is 11.4. The molecule has 0 saturated carbocycles. The van der Waals surface area contributed by atoms with Crippen LogP contribution in [0.25, 0.3) is 0 Å². The van der Waals surface area contributed by atoms with Gasteiger partial charge in [0.2, 0.25) is 0 Å². The number of alkyl halides is 2. The Balaban J connectivity index is 4.61. The summed E-state index contributed by atoms with van der Waals surface area (Å²) in [6, 6.07) is 0. The van der Waals surface area contributed by atoms with Crippen LogP contribution >= 0.6 is 15.9 Å². The molecule has 0 radical (unpaired) electrons. The number of methoxy groups -OCH3 is 1. The van der Waals surface area contributed by atoms with Gasteiger partial charge in [-0.05, 0) is 6.08 Å². The Labute approximate surface area is 78.5 Å². The van der Waals surface area contributed by atoms with Crippen LogP contribution in [0.5, 0.6) is 0 Å². The van der Waals surface area contributed by atoms with Crippen LogP contribution in [0.15, 0.2) is 35.0 Å². The molecule has 0 spiro atoms. The van der Waals surface area contributed by atoms with Gasteiger partial charge in [-0.1, -0.05) is 29.1 Å². The number of allylic oxidation sites excluding steroid dienone is 3. The minimum atomic E-state index is -2.58. The Kier molecular flexibility index (Phi) is 4.81. The summed E-state index contributed by atoms with van der Waals surface area (Å²) in [6.45, 7) is 6.72. The molecule has 0 heterocycles. The zero-order valence-corrected chi connectivity index (χ0v) is 8.20. The van der Waals surface area contributed by atoms with E-state index in [0.29, 0.717) is 0 Å². The van der Waals surface area contributed by atoms with E-state index in [2.05, 4.69) is 33.8 Å². The summed E-state index contributed by atoms with van der Waals surface area (Å²) in [4.78, 5) is 0. The fourth-order valence-electron chi connectivity index (χ4n) is 0.492. The lowest BCUT2D eigenvalue weighted by molar-refractivity contribution is 0.192. The van der Waals surface area contributed by atoms with E-state index in [1.54, 1.807) is 0 Å². The predicted octanol–water partition coefficient (Wildman–Crippen LogP) is 3.25. The van der Waals surface area contributed by atoms with Crippen LogP contribution in [-0.2, 0) is 4.74 Å². The molecule has 68 valence electrons. The van der Waals surface area contributed by atoms with Crippen molar-refractivity contribution >= 4 is 15.9 Å². The highest BCUT2D eigenvalue weighted by Crippen LogP contribution is 2.23. The first-order valence-electron chi connectivity index (χ1n) is 3.06. The molecule has 0 aliphatic rings. The number of halogens is 3. The summed E-state index contributed by atoms with van der Waals surface area (Å²) in [6.07, 6.45) is -1.44. The summed E-state index contributed by atoms with van der Waals surface area (Å²) >= 11 is 2.86. The van der Waals surface area contributed by atoms with Crippen LogP contribution in [0, 0.1) is 0 Å². The summed E-state index contributed by atoms with van der Waals surface area (Å²) in [7, 11) is 1.36. The number of rotatable bonds is 4. The van der Waals surface area contributed by atoms with Gasteiger partial charge in [-0.15, -0.1) is 0 Å². The Morgan fingerprint density at radius 1 is 1.50 bits per heavy atom. The molecule has 0 atom stereocenters. The second-order valence-corrected chi connectivity index (χ2v) is 2.93. The molecular weight excluding hydrogens is 230 g/mol. The molecule has 12 heavy (non-hydrogen) atoms. The van der Waals surface area contributed by atoms with Crippen molar-refractivity contribution in [2.24, 2.45) is 0 Å². The van der Waals surface area contributed by atoms with Crippen molar-refractivity contribution in [3.8, 4) is 0 Å². The van der Waals surface area contributed by atoms with Crippen molar-refractivity contribution in [1.82, 2.24) is 0 Å². The molecule has 0 aromatic heterocycles. The molecule has 0 amide bonds. The Hall–Kier alpha value is -0.640. The van der Waals surface area contributed by atoms with Crippen molar-refractivity contribution in [3.05, 3.63) is 35.0 Å². The normalized spacial score (nSPS) is 11.6. The molecule has 0 saturated heterocycles. The van der Waals surface area contributed by atoms with Crippen LogP contribution in [0.1, 0.15) is 0 Å². The standard InChI is InChI=1S/C8H9BrF2O/c1-5(12-3)4-7(6(2)9)8(10)11/h4,8H,1-2H2,3H3/b7-4+. The maximum Gasteiger partial charge on any atom is 0.265 e. The third-order valence-electron chi connectivity index (χ3n) is 1.13. The van der Waals surface area contributed by atoms with Gasteiger partial charge in [0.1, 0.15) is 5.76 Å². The SMILES string of the molecule is C=C(/C=C(\C(=C)Br)C(F)F)OC. The van der Waals surface area contributed by atoms with Crippen LogP contribution in [0.4, 0.5) is 8.78 Å². The predicted molar refractivity (Wildman–Crippen MR) is 48.3 cm³/mol. The number of hydrogen-bond donors (Lipinski definition) is 0. The lowest BCUT2D eigenvalue weighted by Gasteiger charge is -2.04. The molecule has 0 rings (SSSR count). The van der Waals surface area contributed by atoms with Gasteiger partial charge in [-0.2, -0.15) is 0 Å². The zero-order chi connectivity index (χ0) is 9.72. The first-order valence-corrected chi connectivity index (χ1v) is 3.85. The van der Waals surface area contributed by atoms with Crippen molar-refractivity contribution in [1.29, 1.82) is 0 Å². The second kappa shape index (κ2) is 5.09. The van der Waals surface area contributed by atoms with Gasteiger partial charge in [0.25, 0.3) is 6.43 Å². The van der Waals surface area contributed by atoms with Crippen molar-refractivity contribution in [2.75, 3.05) is 7.11 Å². The molecule has 0 aromatic rings. The van der Waals surface area contributed by atoms with Gasteiger partial charge in [0.15, 0.2) is 0 Å². The Morgan fingerprint density at radius 3 is 2.25 bits per heavy atom. The smallest absolute Gasteiger partial charge is 0.265 e. The van der Waals surface area contributed by atoms with Crippen LogP contribution in [0.3, 0.4) is 0 Å². The second-order valence-electron chi connectivity index (χ2n) is 1.98. The topological polar surface area (TPSA) is 9.23 Å². The van der Waals surface area contributed by atoms with Gasteiger partial charge in [-0.25, -0.2) is 8.78 Å². The van der Waals surface area contributed by atoms with E-state index in [9.17, 15) is 8.78 Å². The average molecular weight is 239 g/mol. The number of hydrogen-bond acceptors (Lipinski definition) is 1. The maximum atomic E-state index is 12.2. The minimum absolute atomic E-state index is 0.135. The molecule has 0 aliphatic heterocycles. The number of ether oxygens (including phenoxy) is 1. The van der Waals surface area contributed by atoms with Gasteiger partial charge in [0, 0.05) is 10.1 Å². The molecule has 0 fully saturated rings. The fourth-order valence-corrected chi connectivity index (χ4v) is 0.780. The Bertz CT molecular complexity index is 221. The van der Waals surface area contributed by atoms with Crippen LogP contribution in [0.2, 0.25) is 0 Å². The molecular formula is C8H9BrF2O. The van der Waals surface area contributed by atoms with Crippen LogP contribution in [-0.4, -0.2) is 13.5 Å². The third-order valence-corrected chi connectivity index (χ3v) is 1.58. The molecule has 0 unspecified atom stereocenters. The van der Waals surface area contributed by atoms with Gasteiger partial charge in [-0.3, -0.25) is 0 Å². The average Bonchev–Trinajstić information content (AvgIpc) is 1.98. The highest BCUT2D eigenvalue weighted by atomic mass is 79.9. The fraction of sp³-hybridized carbons (Fsp3) is 0.250. The Morgan fingerprint density at radius 2 is 2.00 bits per heavy atom. The largest absolute Gasteiger partial charge is 0.497 e. The summed E-state index contributed by atoms with van der Waals surface area (Å²) in [5.41, 5.74) is -0.221. The van der Waals surface area contributed by atoms with Gasteiger partial charge >= 0.3 is 0 Å². The lowest BCUT2D eigenvalue weighted by Crippen LogP contribution is -1.97. The summed E-state index contributed by atoms with van der Waals surface area (Å²) in [5, 5.41) is 0. The molecule has 0 N–H and O–H groups in total. The minimum Gasteiger partial charge on any atom is -0.497 e. The summed E-state index contributed by atoms with van der Waals surface area (Å²) in [5.74, 6) is 0.172. The summed E-state index contributed by atoms with van der Waals surface area (Å²) < 4.78 is 29.1. The van der Waals surface area contributed by atoms with E-state index in [4.69, 9.17) is 0 Å². The first-order chi connectivity index (χ1) is 5.49. The van der Waals surface area contributed by atoms with Crippen molar-refractivity contribution < 1.29 is 13.5 Å². The maximum absolute atomic E-state index is 12.2. The van der Waals surface area contributed by atoms with Gasteiger partial charge in [0.05, 0.1) is 7.11 Å².